The SMILES string of the molecule is CC[C@@H](CC(=O)c1ccc(OC)nc1)C1CCC(c2ccnc3c(C(F)(F)F)cccc23)CC1. The normalized spacial score (nSPS) is 19.7. The summed E-state index contributed by atoms with van der Waals surface area (Å²) < 4.78 is 45.4. The van der Waals surface area contributed by atoms with Crippen molar-refractivity contribution in [2.24, 2.45) is 11.8 Å². The third kappa shape index (κ3) is 5.08. The number of fused-ring (bicyclic) bond motifs is 1. The number of carbonyl (C=O) groups excluding carboxylic acids is 1. The molecule has 0 bridgehead atoms. The van der Waals surface area contributed by atoms with Crippen molar-refractivity contribution in [1.29, 1.82) is 0 Å². The van der Waals surface area contributed by atoms with Gasteiger partial charge in [-0.05, 0) is 67.2 Å². The zero-order valence-electron chi connectivity index (χ0n) is 19.4. The Bertz CT molecular complexity index is 1140. The fourth-order valence-corrected chi connectivity index (χ4v) is 5.35. The molecule has 0 unspecified atom stereocenters. The highest BCUT2D eigenvalue weighted by atomic mass is 19.4. The van der Waals surface area contributed by atoms with Crippen molar-refractivity contribution < 1.29 is 22.7 Å². The maximum absolute atomic E-state index is 13.5. The number of hydrogen-bond acceptors (Lipinski definition) is 4. The van der Waals surface area contributed by atoms with Crippen LogP contribution in [0.4, 0.5) is 13.2 Å². The van der Waals surface area contributed by atoms with Crippen LogP contribution in [-0.4, -0.2) is 22.9 Å². The predicted octanol–water partition coefficient (Wildman–Crippen LogP) is 7.23. The molecule has 1 aromatic carbocycles. The standard InChI is InChI=1S/C27H29F3N2O2/c1-3-17(15-24(33)20-11-12-25(34-2)32-16-20)18-7-9-19(10-8-18)21-13-14-31-26-22(21)5-4-6-23(26)27(28,29)30/h4-6,11-14,16-19H,3,7-10,15H2,1-2H3/t17-,18?,19?/m0/s1. The lowest BCUT2D eigenvalue weighted by Crippen LogP contribution is -2.23. The van der Waals surface area contributed by atoms with Crippen LogP contribution in [0.2, 0.25) is 0 Å². The Labute approximate surface area is 197 Å². The summed E-state index contributed by atoms with van der Waals surface area (Å²) in [6.45, 7) is 2.12. The maximum atomic E-state index is 13.5. The van der Waals surface area contributed by atoms with E-state index in [4.69, 9.17) is 4.74 Å². The van der Waals surface area contributed by atoms with Crippen LogP contribution >= 0.6 is 0 Å². The van der Waals surface area contributed by atoms with Gasteiger partial charge in [0, 0.05) is 35.8 Å². The molecular weight excluding hydrogens is 441 g/mol. The molecule has 1 aliphatic carbocycles. The van der Waals surface area contributed by atoms with Gasteiger partial charge < -0.3 is 4.74 Å². The molecule has 4 nitrogen and oxygen atoms in total. The van der Waals surface area contributed by atoms with Gasteiger partial charge in [-0.25, -0.2) is 4.98 Å². The minimum absolute atomic E-state index is 0.0276. The largest absolute Gasteiger partial charge is 0.481 e. The van der Waals surface area contributed by atoms with Crippen molar-refractivity contribution in [3.05, 3.63) is 65.5 Å². The second kappa shape index (κ2) is 10.1. The van der Waals surface area contributed by atoms with Crippen LogP contribution in [0.1, 0.15) is 72.9 Å². The van der Waals surface area contributed by atoms with Crippen molar-refractivity contribution in [3.63, 3.8) is 0 Å². The predicted molar refractivity (Wildman–Crippen MR) is 125 cm³/mol. The fourth-order valence-electron chi connectivity index (χ4n) is 5.35. The van der Waals surface area contributed by atoms with Gasteiger partial charge in [-0.2, -0.15) is 13.2 Å². The summed E-state index contributed by atoms with van der Waals surface area (Å²) >= 11 is 0. The molecule has 4 rings (SSSR count). The van der Waals surface area contributed by atoms with E-state index in [0.29, 0.717) is 29.2 Å². The van der Waals surface area contributed by atoms with E-state index in [9.17, 15) is 18.0 Å². The smallest absolute Gasteiger partial charge is 0.418 e. The van der Waals surface area contributed by atoms with E-state index in [0.717, 1.165) is 43.7 Å². The molecule has 0 spiro atoms. The average molecular weight is 471 g/mol. The Kier molecular flexibility index (Phi) is 7.19. The van der Waals surface area contributed by atoms with Gasteiger partial charge in [0.25, 0.3) is 0 Å². The Morgan fingerprint density at radius 2 is 1.85 bits per heavy atom. The average Bonchev–Trinajstić information content (AvgIpc) is 2.86. The lowest BCUT2D eigenvalue weighted by Gasteiger charge is -2.34. The molecule has 180 valence electrons. The summed E-state index contributed by atoms with van der Waals surface area (Å²) in [5.41, 5.74) is 0.887. The molecule has 0 amide bonds. The first kappa shape index (κ1) is 24.2. The molecule has 1 fully saturated rings. The first-order valence-corrected chi connectivity index (χ1v) is 11.8. The van der Waals surface area contributed by atoms with Gasteiger partial charge in [-0.3, -0.25) is 9.78 Å². The Morgan fingerprint density at radius 1 is 1.09 bits per heavy atom. The monoisotopic (exact) mass is 470 g/mol. The highest BCUT2D eigenvalue weighted by Gasteiger charge is 2.34. The van der Waals surface area contributed by atoms with Gasteiger partial charge >= 0.3 is 6.18 Å². The molecule has 0 radical (unpaired) electrons. The number of rotatable bonds is 7. The third-order valence-corrected chi connectivity index (χ3v) is 7.23. The van der Waals surface area contributed by atoms with Gasteiger partial charge in [-0.1, -0.05) is 25.5 Å². The van der Waals surface area contributed by atoms with E-state index in [2.05, 4.69) is 16.9 Å². The second-order valence-corrected chi connectivity index (χ2v) is 9.10. The molecule has 1 saturated carbocycles. The summed E-state index contributed by atoms with van der Waals surface area (Å²) in [7, 11) is 1.54. The van der Waals surface area contributed by atoms with Gasteiger partial charge in [-0.15, -0.1) is 0 Å². The maximum Gasteiger partial charge on any atom is 0.418 e. The molecule has 0 saturated heterocycles. The number of hydrogen-bond donors (Lipinski definition) is 0. The number of benzene rings is 1. The number of carbonyl (C=O) groups is 1. The quantitative estimate of drug-likeness (QED) is 0.342. The van der Waals surface area contributed by atoms with Crippen LogP contribution in [0.15, 0.2) is 48.8 Å². The highest BCUT2D eigenvalue weighted by molar-refractivity contribution is 5.96. The molecule has 0 N–H and O–H groups in total. The lowest BCUT2D eigenvalue weighted by molar-refractivity contribution is -0.136. The zero-order chi connectivity index (χ0) is 24.3. The molecular formula is C27H29F3N2O2. The molecule has 3 aromatic rings. The number of para-hydroxylation sites is 1. The molecule has 7 heteroatoms. The Hall–Kier alpha value is -2.96. The van der Waals surface area contributed by atoms with Crippen LogP contribution in [0.25, 0.3) is 10.9 Å². The number of halogens is 3. The summed E-state index contributed by atoms with van der Waals surface area (Å²) in [6.07, 6.45) is 3.74. The molecule has 2 aromatic heterocycles. The first-order chi connectivity index (χ1) is 16.3. The van der Waals surface area contributed by atoms with Crippen molar-refractivity contribution in [2.75, 3.05) is 7.11 Å². The van der Waals surface area contributed by atoms with E-state index in [1.807, 2.05) is 6.07 Å². The van der Waals surface area contributed by atoms with E-state index >= 15 is 0 Å². The second-order valence-electron chi connectivity index (χ2n) is 9.10. The number of pyridine rings is 2. The van der Waals surface area contributed by atoms with E-state index in [1.165, 1.54) is 19.4 Å². The van der Waals surface area contributed by atoms with E-state index in [-0.39, 0.29) is 23.1 Å². The molecule has 1 aliphatic rings. The van der Waals surface area contributed by atoms with E-state index in [1.54, 1.807) is 24.4 Å². The zero-order valence-corrected chi connectivity index (χ0v) is 19.4. The van der Waals surface area contributed by atoms with Crippen LogP contribution in [0, 0.1) is 11.8 Å². The molecule has 0 aliphatic heterocycles. The van der Waals surface area contributed by atoms with Crippen molar-refractivity contribution in [1.82, 2.24) is 9.97 Å². The minimum Gasteiger partial charge on any atom is -0.481 e. The minimum atomic E-state index is -4.43. The van der Waals surface area contributed by atoms with Gasteiger partial charge in [0.15, 0.2) is 5.78 Å². The fraction of sp³-hybridized carbons (Fsp3) is 0.444. The van der Waals surface area contributed by atoms with Crippen molar-refractivity contribution in [3.8, 4) is 5.88 Å². The number of aromatic nitrogens is 2. The molecule has 2 heterocycles. The van der Waals surface area contributed by atoms with Crippen LogP contribution < -0.4 is 4.74 Å². The van der Waals surface area contributed by atoms with Crippen LogP contribution in [-0.2, 0) is 6.18 Å². The summed E-state index contributed by atoms with van der Waals surface area (Å²) in [5, 5.41) is 0.593. The van der Waals surface area contributed by atoms with Crippen LogP contribution in [0.5, 0.6) is 5.88 Å². The van der Waals surface area contributed by atoms with E-state index < -0.39 is 11.7 Å². The number of ether oxygens (including phenoxy) is 1. The number of Topliss-reactive ketones (excluding diaryl/α,β-unsaturated/α-hetero) is 1. The lowest BCUT2D eigenvalue weighted by atomic mass is 9.71. The third-order valence-electron chi connectivity index (χ3n) is 7.23. The Morgan fingerprint density at radius 3 is 2.47 bits per heavy atom. The summed E-state index contributed by atoms with van der Waals surface area (Å²) in [5.74, 6) is 1.47. The Balaban J connectivity index is 1.45. The number of ketones is 1. The van der Waals surface area contributed by atoms with Crippen molar-refractivity contribution >= 4 is 16.7 Å². The number of nitrogens with zero attached hydrogens (tertiary/aromatic N) is 2. The van der Waals surface area contributed by atoms with Gasteiger partial charge in [0.1, 0.15) is 0 Å². The highest BCUT2D eigenvalue weighted by Crippen LogP contribution is 2.43. The number of alkyl halides is 3. The topological polar surface area (TPSA) is 52.1 Å². The molecule has 1 atom stereocenters. The van der Waals surface area contributed by atoms with Gasteiger partial charge in [0.2, 0.25) is 5.88 Å². The van der Waals surface area contributed by atoms with Gasteiger partial charge in [0.05, 0.1) is 18.2 Å². The molecule has 34 heavy (non-hydrogen) atoms. The van der Waals surface area contributed by atoms with Crippen molar-refractivity contribution in [2.45, 2.75) is 57.5 Å². The first-order valence-electron chi connectivity index (χ1n) is 11.8. The summed E-state index contributed by atoms with van der Waals surface area (Å²) in [6, 6.07) is 9.62. The summed E-state index contributed by atoms with van der Waals surface area (Å²) in [4.78, 5) is 21.0. The van der Waals surface area contributed by atoms with Crippen LogP contribution in [0.3, 0.4) is 0 Å². The number of methoxy groups -OCH3 is 1.